The number of pyridine rings is 1. The maximum Gasteiger partial charge on any atom is 0.261 e. The Balaban J connectivity index is 1.81. The van der Waals surface area contributed by atoms with E-state index in [1.54, 1.807) is 26.1 Å². The number of sulfonamides is 1. The Bertz CT molecular complexity index is 1670. The molecule has 0 saturated heterocycles. The first-order valence-corrected chi connectivity index (χ1v) is 13.7. The highest BCUT2D eigenvalue weighted by atomic mass is 32.2. The largest absolute Gasteiger partial charge is 0.493 e. The maximum atomic E-state index is 14.4. The van der Waals surface area contributed by atoms with Crippen LogP contribution < -0.4 is 19.8 Å². The van der Waals surface area contributed by atoms with E-state index < -0.39 is 21.7 Å². The lowest BCUT2D eigenvalue weighted by Crippen LogP contribution is -2.16. The second-order valence-corrected chi connectivity index (χ2v) is 10.8. The van der Waals surface area contributed by atoms with E-state index in [0.29, 0.717) is 17.2 Å². The molecule has 0 aliphatic carbocycles. The van der Waals surface area contributed by atoms with Crippen molar-refractivity contribution in [3.05, 3.63) is 100 Å². The molecule has 10 heteroatoms. The molecule has 0 atom stereocenters. The van der Waals surface area contributed by atoms with E-state index in [4.69, 9.17) is 9.47 Å². The number of aryl methyl sites for hydroxylation is 1. The fraction of sp³-hybridized carbons (Fsp3) is 0.207. The van der Waals surface area contributed by atoms with Crippen LogP contribution in [0.5, 0.6) is 17.2 Å². The second kappa shape index (κ2) is 11.3. The molecule has 0 amide bonds. The van der Waals surface area contributed by atoms with Gasteiger partial charge in [-0.15, -0.1) is 0 Å². The normalized spacial score (nSPS) is 11.5. The molecule has 0 aliphatic rings. The molecule has 0 fully saturated rings. The first-order chi connectivity index (χ1) is 18.5. The van der Waals surface area contributed by atoms with Crippen molar-refractivity contribution in [1.29, 1.82) is 0 Å². The Kier molecular flexibility index (Phi) is 8.06. The zero-order valence-electron chi connectivity index (χ0n) is 21.9. The van der Waals surface area contributed by atoms with E-state index in [-0.39, 0.29) is 45.9 Å². The molecule has 39 heavy (non-hydrogen) atoms. The molecule has 0 bridgehead atoms. The summed E-state index contributed by atoms with van der Waals surface area (Å²) in [6, 6.07) is 15.2. The summed E-state index contributed by atoms with van der Waals surface area (Å²) in [6.45, 7) is 6.03. The van der Waals surface area contributed by atoms with E-state index in [1.165, 1.54) is 47.2 Å². The van der Waals surface area contributed by atoms with Gasteiger partial charge in [-0.3, -0.25) is 9.52 Å². The first-order valence-electron chi connectivity index (χ1n) is 12.2. The summed E-state index contributed by atoms with van der Waals surface area (Å²) in [4.78, 5) is 12.4. The summed E-state index contributed by atoms with van der Waals surface area (Å²) in [5.74, 6) is -1.31. The van der Waals surface area contributed by atoms with Crippen LogP contribution in [0.1, 0.15) is 32.3 Å². The molecular weight excluding hydrogens is 526 g/mol. The molecule has 0 saturated carbocycles. The van der Waals surface area contributed by atoms with Crippen LogP contribution in [0.3, 0.4) is 0 Å². The summed E-state index contributed by atoms with van der Waals surface area (Å²) < 4.78 is 69.6. The van der Waals surface area contributed by atoms with E-state index in [9.17, 15) is 22.0 Å². The van der Waals surface area contributed by atoms with Crippen LogP contribution in [0.2, 0.25) is 0 Å². The van der Waals surface area contributed by atoms with Gasteiger partial charge in [-0.05, 0) is 60.9 Å². The van der Waals surface area contributed by atoms with Crippen LogP contribution >= 0.6 is 0 Å². The molecule has 0 unspecified atom stereocenters. The summed E-state index contributed by atoms with van der Waals surface area (Å²) in [6.07, 6.45) is 1.51. The van der Waals surface area contributed by atoms with E-state index in [1.807, 2.05) is 13.8 Å². The average molecular weight is 555 g/mol. The number of nitrogens with one attached hydrogen (secondary N) is 1. The van der Waals surface area contributed by atoms with Crippen molar-refractivity contribution in [1.82, 2.24) is 4.57 Å². The molecule has 1 heterocycles. The number of hydrogen-bond acceptors (Lipinski definition) is 5. The van der Waals surface area contributed by atoms with Crippen LogP contribution in [0.25, 0.3) is 11.1 Å². The topological polar surface area (TPSA) is 86.6 Å². The number of ether oxygens (including phenoxy) is 2. The molecule has 0 aliphatic heterocycles. The third-order valence-corrected chi connectivity index (χ3v) is 7.38. The number of benzene rings is 3. The van der Waals surface area contributed by atoms with Gasteiger partial charge in [0.05, 0.1) is 11.5 Å². The molecule has 204 valence electrons. The Labute approximate surface area is 225 Å². The number of anilines is 1. The lowest BCUT2D eigenvalue weighted by molar-refractivity contribution is 0.340. The maximum absolute atomic E-state index is 14.4. The van der Waals surface area contributed by atoms with Gasteiger partial charge in [0.15, 0.2) is 11.6 Å². The third-order valence-electron chi connectivity index (χ3n) is 5.98. The average Bonchev–Trinajstić information content (AvgIpc) is 2.88. The predicted octanol–water partition coefficient (Wildman–Crippen LogP) is 6.45. The van der Waals surface area contributed by atoms with Gasteiger partial charge < -0.3 is 14.0 Å². The van der Waals surface area contributed by atoms with Gasteiger partial charge in [0.25, 0.3) is 15.6 Å². The molecule has 0 spiro atoms. The van der Waals surface area contributed by atoms with Crippen molar-refractivity contribution in [3.63, 3.8) is 0 Å². The molecule has 4 aromatic rings. The first kappa shape index (κ1) is 27.8. The quantitative estimate of drug-likeness (QED) is 0.257. The molecular formula is C29H28F2N2O5S. The highest BCUT2D eigenvalue weighted by molar-refractivity contribution is 7.92. The second-order valence-electron chi connectivity index (χ2n) is 9.15. The Morgan fingerprint density at radius 3 is 2.23 bits per heavy atom. The molecule has 3 aromatic carbocycles. The number of aromatic nitrogens is 1. The monoisotopic (exact) mass is 554 g/mol. The summed E-state index contributed by atoms with van der Waals surface area (Å²) in [5.41, 5.74) is 1.59. The zero-order valence-corrected chi connectivity index (χ0v) is 22.7. The van der Waals surface area contributed by atoms with Crippen molar-refractivity contribution >= 4 is 15.7 Å². The minimum absolute atomic E-state index is 0.0827. The Morgan fingerprint density at radius 1 is 0.897 bits per heavy atom. The fourth-order valence-electron chi connectivity index (χ4n) is 3.91. The molecule has 4 rings (SSSR count). The summed E-state index contributed by atoms with van der Waals surface area (Å²) in [5, 5.41) is 0. The SMILES string of the molecule is CCOc1cc(=O)n(C)cc1-c1cc(NS(=O)(=O)c2ccc(C(C)C)cc2)ccc1Oc1ccc(F)cc1F. The molecule has 1 N–H and O–H groups in total. The number of hydrogen-bond donors (Lipinski definition) is 1. The molecule has 0 radical (unpaired) electrons. The number of halogens is 2. The van der Waals surface area contributed by atoms with Gasteiger partial charge in [0, 0.05) is 42.2 Å². The Hall–Kier alpha value is -4.18. The minimum Gasteiger partial charge on any atom is -0.493 e. The van der Waals surface area contributed by atoms with Crippen LogP contribution in [-0.2, 0) is 17.1 Å². The van der Waals surface area contributed by atoms with Crippen molar-refractivity contribution in [2.75, 3.05) is 11.3 Å². The fourth-order valence-corrected chi connectivity index (χ4v) is 4.95. The third kappa shape index (κ3) is 6.28. The molecule has 1 aromatic heterocycles. The van der Waals surface area contributed by atoms with Crippen LogP contribution in [-0.4, -0.2) is 19.6 Å². The van der Waals surface area contributed by atoms with E-state index >= 15 is 0 Å². The van der Waals surface area contributed by atoms with E-state index in [2.05, 4.69) is 4.72 Å². The minimum atomic E-state index is -3.95. The zero-order chi connectivity index (χ0) is 28.3. The highest BCUT2D eigenvalue weighted by Crippen LogP contribution is 2.40. The van der Waals surface area contributed by atoms with Crippen LogP contribution in [0, 0.1) is 11.6 Å². The summed E-state index contributed by atoms with van der Waals surface area (Å²) in [7, 11) is -2.40. The van der Waals surface area contributed by atoms with Gasteiger partial charge in [0.1, 0.15) is 17.3 Å². The van der Waals surface area contributed by atoms with Crippen molar-refractivity contribution in [2.24, 2.45) is 7.05 Å². The lowest BCUT2D eigenvalue weighted by Gasteiger charge is -2.18. The van der Waals surface area contributed by atoms with Crippen molar-refractivity contribution < 1.29 is 26.7 Å². The standard InChI is InChI=1S/C29H28F2N2O5S/c1-5-37-28-16-29(34)33(4)17-24(28)23-15-21(9-13-26(23)38-27-12-8-20(30)14-25(27)31)32-39(35,36)22-10-6-19(7-11-22)18(2)3/h6-18,32H,5H2,1-4H3. The Morgan fingerprint density at radius 2 is 1.59 bits per heavy atom. The molecule has 7 nitrogen and oxygen atoms in total. The summed E-state index contributed by atoms with van der Waals surface area (Å²) >= 11 is 0. The van der Waals surface area contributed by atoms with Crippen molar-refractivity contribution in [2.45, 2.75) is 31.6 Å². The van der Waals surface area contributed by atoms with Gasteiger partial charge in [-0.1, -0.05) is 26.0 Å². The van der Waals surface area contributed by atoms with E-state index in [0.717, 1.165) is 17.7 Å². The smallest absolute Gasteiger partial charge is 0.261 e. The number of nitrogens with zero attached hydrogens (tertiary/aromatic N) is 1. The van der Waals surface area contributed by atoms with Crippen LogP contribution in [0.15, 0.2) is 82.6 Å². The lowest BCUT2D eigenvalue weighted by atomic mass is 10.0. The van der Waals surface area contributed by atoms with Crippen molar-refractivity contribution in [3.8, 4) is 28.4 Å². The van der Waals surface area contributed by atoms with Gasteiger partial charge in [-0.2, -0.15) is 0 Å². The van der Waals surface area contributed by atoms with Gasteiger partial charge in [-0.25, -0.2) is 17.2 Å². The van der Waals surface area contributed by atoms with Gasteiger partial charge in [0.2, 0.25) is 0 Å². The van der Waals surface area contributed by atoms with Gasteiger partial charge >= 0.3 is 0 Å². The predicted molar refractivity (Wildman–Crippen MR) is 146 cm³/mol. The van der Waals surface area contributed by atoms with Crippen LogP contribution in [0.4, 0.5) is 14.5 Å². The highest BCUT2D eigenvalue weighted by Gasteiger charge is 2.20. The number of rotatable bonds is 9.